The highest BCUT2D eigenvalue weighted by Gasteiger charge is 2.20. The molecule has 0 radical (unpaired) electrons. The minimum Gasteiger partial charge on any atom is -0.481 e. The van der Waals surface area contributed by atoms with Gasteiger partial charge in [0.1, 0.15) is 12.7 Å². The van der Waals surface area contributed by atoms with Gasteiger partial charge < -0.3 is 20.1 Å². The lowest BCUT2D eigenvalue weighted by atomic mass is 9.94. The summed E-state index contributed by atoms with van der Waals surface area (Å²) in [5.74, 6) is -1.10. The second-order valence-electron chi connectivity index (χ2n) is 7.42. The normalized spacial score (nSPS) is 13.3. The van der Waals surface area contributed by atoms with Crippen LogP contribution in [0.3, 0.4) is 0 Å². The van der Waals surface area contributed by atoms with E-state index >= 15 is 0 Å². The SMILES string of the molecule is CCCCCC[C@@H](CCCCCCCCCC(=O)O)C(=O)OC[C@@H](O)CO. The van der Waals surface area contributed by atoms with Gasteiger partial charge in [0, 0.05) is 6.42 Å². The summed E-state index contributed by atoms with van der Waals surface area (Å²) in [5.41, 5.74) is 0. The van der Waals surface area contributed by atoms with Gasteiger partial charge in [0.25, 0.3) is 0 Å². The zero-order chi connectivity index (χ0) is 20.3. The van der Waals surface area contributed by atoms with Crippen LogP contribution in [0, 0.1) is 5.92 Å². The Hall–Kier alpha value is -1.14. The van der Waals surface area contributed by atoms with E-state index in [1.165, 1.54) is 6.42 Å². The average Bonchev–Trinajstić information content (AvgIpc) is 2.65. The molecule has 3 N–H and O–H groups in total. The Kier molecular flexibility index (Phi) is 17.5. The zero-order valence-corrected chi connectivity index (χ0v) is 17.0. The van der Waals surface area contributed by atoms with Crippen LogP contribution in [-0.4, -0.2) is 46.6 Å². The van der Waals surface area contributed by atoms with Gasteiger partial charge in [0.15, 0.2) is 0 Å². The molecule has 27 heavy (non-hydrogen) atoms. The third-order valence-corrected chi connectivity index (χ3v) is 4.81. The Bertz CT molecular complexity index is 372. The summed E-state index contributed by atoms with van der Waals surface area (Å²) in [6.45, 7) is 1.61. The van der Waals surface area contributed by atoms with Gasteiger partial charge in [0.2, 0.25) is 0 Å². The highest BCUT2D eigenvalue weighted by molar-refractivity contribution is 5.72. The molecule has 0 unspecified atom stereocenters. The van der Waals surface area contributed by atoms with Crippen LogP contribution in [0.25, 0.3) is 0 Å². The number of aliphatic hydroxyl groups is 2. The van der Waals surface area contributed by atoms with Gasteiger partial charge in [0.05, 0.1) is 12.5 Å². The molecule has 0 aliphatic rings. The Labute approximate surface area is 164 Å². The summed E-state index contributed by atoms with van der Waals surface area (Å²) in [7, 11) is 0. The highest BCUT2D eigenvalue weighted by atomic mass is 16.5. The lowest BCUT2D eigenvalue weighted by Crippen LogP contribution is -2.25. The molecule has 0 aliphatic carbocycles. The molecule has 0 fully saturated rings. The van der Waals surface area contributed by atoms with Crippen LogP contribution in [0.1, 0.15) is 96.8 Å². The molecule has 0 heterocycles. The number of carboxylic acids is 1. The van der Waals surface area contributed by atoms with Crippen LogP contribution < -0.4 is 0 Å². The number of aliphatic carboxylic acids is 1. The molecule has 0 saturated carbocycles. The molecule has 0 amide bonds. The van der Waals surface area contributed by atoms with E-state index in [2.05, 4.69) is 6.92 Å². The second kappa shape index (κ2) is 18.2. The maximum absolute atomic E-state index is 12.3. The van der Waals surface area contributed by atoms with E-state index in [4.69, 9.17) is 14.9 Å². The maximum Gasteiger partial charge on any atom is 0.309 e. The van der Waals surface area contributed by atoms with Gasteiger partial charge in [-0.15, -0.1) is 0 Å². The molecule has 0 saturated heterocycles. The number of hydrogen-bond acceptors (Lipinski definition) is 5. The van der Waals surface area contributed by atoms with Crippen molar-refractivity contribution >= 4 is 11.9 Å². The van der Waals surface area contributed by atoms with E-state index in [0.717, 1.165) is 77.0 Å². The highest BCUT2D eigenvalue weighted by Crippen LogP contribution is 2.20. The van der Waals surface area contributed by atoms with Crippen LogP contribution in [0.4, 0.5) is 0 Å². The molecule has 2 atom stereocenters. The van der Waals surface area contributed by atoms with Crippen LogP contribution in [0.2, 0.25) is 0 Å². The number of carboxylic acid groups (broad SMARTS) is 1. The summed E-state index contributed by atoms with van der Waals surface area (Å²) in [6, 6.07) is 0. The summed E-state index contributed by atoms with van der Waals surface area (Å²) in [5, 5.41) is 26.8. The van der Waals surface area contributed by atoms with Crippen molar-refractivity contribution in [2.24, 2.45) is 5.92 Å². The van der Waals surface area contributed by atoms with Crippen molar-refractivity contribution in [3.8, 4) is 0 Å². The van der Waals surface area contributed by atoms with E-state index in [0.29, 0.717) is 0 Å². The molecule has 6 nitrogen and oxygen atoms in total. The van der Waals surface area contributed by atoms with Gasteiger partial charge in [-0.1, -0.05) is 71.1 Å². The largest absolute Gasteiger partial charge is 0.481 e. The first-order valence-corrected chi connectivity index (χ1v) is 10.7. The molecule has 0 bridgehead atoms. The molecule has 0 rings (SSSR count). The summed E-state index contributed by atoms with van der Waals surface area (Å²) in [6.07, 6.45) is 12.4. The molecule has 0 aromatic heterocycles. The lowest BCUT2D eigenvalue weighted by molar-refractivity contribution is -0.152. The van der Waals surface area contributed by atoms with E-state index in [1.807, 2.05) is 0 Å². The number of esters is 1. The fourth-order valence-corrected chi connectivity index (χ4v) is 3.10. The quantitative estimate of drug-likeness (QED) is 0.228. The zero-order valence-electron chi connectivity index (χ0n) is 17.0. The summed E-state index contributed by atoms with van der Waals surface area (Å²) in [4.78, 5) is 22.7. The van der Waals surface area contributed by atoms with Gasteiger partial charge in [-0.2, -0.15) is 0 Å². The smallest absolute Gasteiger partial charge is 0.309 e. The van der Waals surface area contributed by atoms with Gasteiger partial charge in [-0.25, -0.2) is 0 Å². The van der Waals surface area contributed by atoms with Crippen molar-refractivity contribution in [1.82, 2.24) is 0 Å². The fourth-order valence-electron chi connectivity index (χ4n) is 3.10. The van der Waals surface area contributed by atoms with E-state index in [-0.39, 0.29) is 24.9 Å². The Balaban J connectivity index is 3.97. The van der Waals surface area contributed by atoms with Crippen molar-refractivity contribution in [2.45, 2.75) is 103 Å². The number of ether oxygens (including phenoxy) is 1. The van der Waals surface area contributed by atoms with Crippen LogP contribution in [0.5, 0.6) is 0 Å². The van der Waals surface area contributed by atoms with Crippen molar-refractivity contribution in [2.75, 3.05) is 13.2 Å². The minimum absolute atomic E-state index is 0.122. The first kappa shape index (κ1) is 25.9. The van der Waals surface area contributed by atoms with Crippen molar-refractivity contribution in [3.63, 3.8) is 0 Å². The molecule has 0 aliphatic heterocycles. The monoisotopic (exact) mass is 388 g/mol. The van der Waals surface area contributed by atoms with Crippen molar-refractivity contribution in [1.29, 1.82) is 0 Å². The summed E-state index contributed by atoms with van der Waals surface area (Å²) >= 11 is 0. The number of unbranched alkanes of at least 4 members (excludes halogenated alkanes) is 9. The first-order valence-electron chi connectivity index (χ1n) is 10.7. The molecular weight excluding hydrogens is 348 g/mol. The minimum atomic E-state index is -1.00. The van der Waals surface area contributed by atoms with E-state index < -0.39 is 18.7 Å². The van der Waals surface area contributed by atoms with E-state index in [9.17, 15) is 14.7 Å². The fraction of sp³-hybridized carbons (Fsp3) is 0.905. The van der Waals surface area contributed by atoms with E-state index in [1.54, 1.807) is 0 Å². The molecule has 0 spiro atoms. The Morgan fingerprint density at radius 2 is 1.37 bits per heavy atom. The molecule has 160 valence electrons. The number of rotatable bonds is 19. The average molecular weight is 389 g/mol. The topological polar surface area (TPSA) is 104 Å². The van der Waals surface area contributed by atoms with Crippen LogP contribution in [0.15, 0.2) is 0 Å². The predicted molar refractivity (Wildman–Crippen MR) is 105 cm³/mol. The third-order valence-electron chi connectivity index (χ3n) is 4.81. The molecule has 6 heteroatoms. The van der Waals surface area contributed by atoms with Gasteiger partial charge in [-0.3, -0.25) is 9.59 Å². The number of carbonyl (C=O) groups is 2. The molecular formula is C21H40O6. The third kappa shape index (κ3) is 16.7. The van der Waals surface area contributed by atoms with Crippen molar-refractivity contribution < 1.29 is 29.6 Å². The van der Waals surface area contributed by atoms with Crippen LogP contribution >= 0.6 is 0 Å². The Morgan fingerprint density at radius 1 is 0.852 bits per heavy atom. The standard InChI is InChI=1S/C21H40O6/c1-2-3-4-10-13-18(21(26)27-17-19(23)16-22)14-11-8-6-5-7-9-12-15-20(24)25/h18-19,22-23H,2-17H2,1H3,(H,24,25)/t18-,19-/m0/s1. The summed E-state index contributed by atoms with van der Waals surface area (Å²) < 4.78 is 5.16. The van der Waals surface area contributed by atoms with Crippen LogP contribution in [-0.2, 0) is 14.3 Å². The number of carbonyl (C=O) groups excluding carboxylic acids is 1. The number of aliphatic hydroxyl groups excluding tert-OH is 2. The van der Waals surface area contributed by atoms with Crippen molar-refractivity contribution in [3.05, 3.63) is 0 Å². The first-order chi connectivity index (χ1) is 13.0. The second-order valence-corrected chi connectivity index (χ2v) is 7.42. The Morgan fingerprint density at radius 3 is 1.89 bits per heavy atom. The molecule has 0 aromatic carbocycles. The van der Waals surface area contributed by atoms with Gasteiger partial charge >= 0.3 is 11.9 Å². The van der Waals surface area contributed by atoms with Gasteiger partial charge in [-0.05, 0) is 19.3 Å². The lowest BCUT2D eigenvalue weighted by Gasteiger charge is -2.17. The molecule has 0 aromatic rings. The predicted octanol–water partition coefficient (Wildman–Crippen LogP) is 4.06. The number of hydrogen-bond donors (Lipinski definition) is 3. The maximum atomic E-state index is 12.3.